The molecule has 3 N–H and O–H groups in total. The molecule has 1 aromatic carbocycles. The Morgan fingerprint density at radius 1 is 1.39 bits per heavy atom. The predicted molar refractivity (Wildman–Crippen MR) is 66.6 cm³/mol. The molecular formula is C12H16N2O4. The molecule has 1 unspecified atom stereocenters. The van der Waals surface area contributed by atoms with E-state index in [2.05, 4.69) is 0 Å². The summed E-state index contributed by atoms with van der Waals surface area (Å²) in [6.45, 7) is 1.56. The highest BCUT2D eigenvalue weighted by atomic mass is 16.5. The maximum absolute atomic E-state index is 11.6. The zero-order valence-electron chi connectivity index (χ0n) is 10.5. The van der Waals surface area contributed by atoms with Gasteiger partial charge in [-0.1, -0.05) is 0 Å². The molecule has 0 heterocycles. The molecule has 0 saturated heterocycles. The predicted octanol–water partition coefficient (Wildman–Crippen LogP) is 0.823. The molecule has 0 spiro atoms. The Balaban J connectivity index is 2.97. The second-order valence-corrected chi connectivity index (χ2v) is 4.05. The van der Waals surface area contributed by atoms with Crippen molar-refractivity contribution in [3.8, 4) is 5.75 Å². The maximum atomic E-state index is 11.6. The third kappa shape index (κ3) is 3.13. The van der Waals surface area contributed by atoms with Crippen LogP contribution in [0.25, 0.3) is 0 Å². The number of carbonyl (C=O) groups excluding carboxylic acids is 1. The number of hydrogen-bond donors (Lipinski definition) is 2. The SMILES string of the molecule is CC(Oc1ccc(N)cc1C(=O)O)C(=O)N(C)C. The number of carboxylic acids is 1. The van der Waals surface area contributed by atoms with E-state index in [4.69, 9.17) is 15.6 Å². The number of rotatable bonds is 4. The highest BCUT2D eigenvalue weighted by Gasteiger charge is 2.20. The molecule has 0 bridgehead atoms. The minimum atomic E-state index is -1.15. The van der Waals surface area contributed by atoms with Crippen LogP contribution in [0.3, 0.4) is 0 Å². The Labute approximate surface area is 105 Å². The van der Waals surface area contributed by atoms with E-state index in [0.29, 0.717) is 5.69 Å². The van der Waals surface area contributed by atoms with Crippen LogP contribution in [0.1, 0.15) is 17.3 Å². The molecule has 1 amide bonds. The second-order valence-electron chi connectivity index (χ2n) is 4.05. The van der Waals surface area contributed by atoms with E-state index in [9.17, 15) is 9.59 Å². The van der Waals surface area contributed by atoms with Gasteiger partial charge in [0.15, 0.2) is 6.10 Å². The van der Waals surface area contributed by atoms with E-state index >= 15 is 0 Å². The number of nitrogens with zero attached hydrogens (tertiary/aromatic N) is 1. The number of benzene rings is 1. The number of hydrogen-bond acceptors (Lipinski definition) is 4. The lowest BCUT2D eigenvalue weighted by atomic mass is 10.2. The number of carboxylic acid groups (broad SMARTS) is 1. The third-order valence-electron chi connectivity index (χ3n) is 2.33. The van der Waals surface area contributed by atoms with Crippen LogP contribution in [0.15, 0.2) is 18.2 Å². The van der Waals surface area contributed by atoms with E-state index in [1.54, 1.807) is 21.0 Å². The summed E-state index contributed by atoms with van der Waals surface area (Å²) in [5.41, 5.74) is 5.77. The number of anilines is 1. The molecule has 18 heavy (non-hydrogen) atoms. The van der Waals surface area contributed by atoms with Gasteiger partial charge in [-0.05, 0) is 25.1 Å². The van der Waals surface area contributed by atoms with Gasteiger partial charge in [0.05, 0.1) is 0 Å². The highest BCUT2D eigenvalue weighted by molar-refractivity contribution is 5.92. The fraction of sp³-hybridized carbons (Fsp3) is 0.333. The molecule has 0 radical (unpaired) electrons. The lowest BCUT2D eigenvalue weighted by Gasteiger charge is -2.19. The van der Waals surface area contributed by atoms with Gasteiger partial charge in [0.2, 0.25) is 0 Å². The summed E-state index contributed by atoms with van der Waals surface area (Å²) in [4.78, 5) is 24.0. The number of aromatic carboxylic acids is 1. The standard InChI is InChI=1S/C12H16N2O4/c1-7(11(15)14(2)3)18-10-5-4-8(13)6-9(10)12(16)17/h4-7H,13H2,1-3H3,(H,16,17). The van der Waals surface area contributed by atoms with Crippen LogP contribution >= 0.6 is 0 Å². The van der Waals surface area contributed by atoms with Crippen LogP contribution in [0.5, 0.6) is 5.75 Å². The van der Waals surface area contributed by atoms with Gasteiger partial charge in [0.1, 0.15) is 11.3 Å². The summed E-state index contributed by atoms with van der Waals surface area (Å²) in [5, 5.41) is 9.02. The van der Waals surface area contributed by atoms with Crippen LogP contribution in [-0.4, -0.2) is 42.1 Å². The van der Waals surface area contributed by atoms with Crippen molar-refractivity contribution in [3.05, 3.63) is 23.8 Å². The number of carbonyl (C=O) groups is 2. The van der Waals surface area contributed by atoms with Crippen LogP contribution in [0, 0.1) is 0 Å². The molecule has 6 heteroatoms. The Hall–Kier alpha value is -2.24. The van der Waals surface area contributed by atoms with Gasteiger partial charge in [-0.3, -0.25) is 4.79 Å². The van der Waals surface area contributed by atoms with Crippen molar-refractivity contribution < 1.29 is 19.4 Å². The first kappa shape index (κ1) is 13.8. The Morgan fingerprint density at radius 2 is 2.00 bits per heavy atom. The van der Waals surface area contributed by atoms with E-state index in [-0.39, 0.29) is 17.2 Å². The molecule has 0 aliphatic carbocycles. The molecule has 6 nitrogen and oxygen atoms in total. The van der Waals surface area contributed by atoms with Crippen molar-refractivity contribution in [2.24, 2.45) is 0 Å². The lowest BCUT2D eigenvalue weighted by molar-refractivity contribution is -0.135. The Morgan fingerprint density at radius 3 is 2.50 bits per heavy atom. The van der Waals surface area contributed by atoms with Crippen molar-refractivity contribution >= 4 is 17.6 Å². The van der Waals surface area contributed by atoms with Crippen molar-refractivity contribution in [1.29, 1.82) is 0 Å². The van der Waals surface area contributed by atoms with Crippen molar-refractivity contribution in [2.45, 2.75) is 13.0 Å². The average Bonchev–Trinajstić information content (AvgIpc) is 2.29. The summed E-state index contributed by atoms with van der Waals surface area (Å²) in [7, 11) is 3.20. The Kier molecular flexibility index (Phi) is 4.14. The molecule has 1 aromatic rings. The Bertz CT molecular complexity index is 471. The minimum Gasteiger partial charge on any atom is -0.480 e. The lowest BCUT2D eigenvalue weighted by Crippen LogP contribution is -2.35. The zero-order valence-corrected chi connectivity index (χ0v) is 10.5. The normalized spacial score (nSPS) is 11.7. The smallest absolute Gasteiger partial charge is 0.339 e. The number of likely N-dealkylation sites (N-methyl/N-ethyl adjacent to an activating group) is 1. The molecular weight excluding hydrogens is 236 g/mol. The number of ether oxygens (including phenoxy) is 1. The second kappa shape index (κ2) is 5.39. The van der Waals surface area contributed by atoms with Crippen molar-refractivity contribution in [1.82, 2.24) is 4.90 Å². The molecule has 0 aliphatic heterocycles. The molecule has 0 saturated carbocycles. The molecule has 0 aliphatic rings. The van der Waals surface area contributed by atoms with Crippen LogP contribution in [0.2, 0.25) is 0 Å². The van der Waals surface area contributed by atoms with Crippen molar-refractivity contribution in [3.63, 3.8) is 0 Å². The van der Waals surface area contributed by atoms with Crippen LogP contribution in [-0.2, 0) is 4.79 Å². The fourth-order valence-electron chi connectivity index (χ4n) is 1.42. The third-order valence-corrected chi connectivity index (χ3v) is 2.33. The van der Waals surface area contributed by atoms with Gasteiger partial charge >= 0.3 is 5.97 Å². The summed E-state index contributed by atoms with van der Waals surface area (Å²) in [5.74, 6) is -1.27. The summed E-state index contributed by atoms with van der Waals surface area (Å²) >= 11 is 0. The largest absolute Gasteiger partial charge is 0.480 e. The quantitative estimate of drug-likeness (QED) is 0.774. The first-order valence-corrected chi connectivity index (χ1v) is 5.33. The van der Waals surface area contributed by atoms with E-state index < -0.39 is 12.1 Å². The van der Waals surface area contributed by atoms with E-state index in [1.165, 1.54) is 23.1 Å². The van der Waals surface area contributed by atoms with Gasteiger partial charge in [-0.25, -0.2) is 4.79 Å². The van der Waals surface area contributed by atoms with Gasteiger partial charge in [0.25, 0.3) is 5.91 Å². The fourth-order valence-corrected chi connectivity index (χ4v) is 1.42. The minimum absolute atomic E-state index is 0.0617. The molecule has 0 aromatic heterocycles. The monoisotopic (exact) mass is 252 g/mol. The molecule has 1 atom stereocenters. The summed E-state index contributed by atoms with van der Waals surface area (Å²) < 4.78 is 5.36. The first-order chi connectivity index (χ1) is 8.32. The highest BCUT2D eigenvalue weighted by Crippen LogP contribution is 2.22. The zero-order chi connectivity index (χ0) is 13.9. The van der Waals surface area contributed by atoms with Crippen molar-refractivity contribution in [2.75, 3.05) is 19.8 Å². The maximum Gasteiger partial charge on any atom is 0.339 e. The molecule has 1 rings (SSSR count). The average molecular weight is 252 g/mol. The topological polar surface area (TPSA) is 92.9 Å². The number of nitrogen functional groups attached to an aromatic ring is 1. The van der Waals surface area contributed by atoms with E-state index in [1.807, 2.05) is 0 Å². The molecule has 98 valence electrons. The summed E-state index contributed by atoms with van der Waals surface area (Å²) in [6.07, 6.45) is -0.762. The number of nitrogens with two attached hydrogens (primary N) is 1. The first-order valence-electron chi connectivity index (χ1n) is 5.33. The van der Waals surface area contributed by atoms with Gasteiger partial charge < -0.3 is 20.5 Å². The molecule has 0 fully saturated rings. The van der Waals surface area contributed by atoms with Crippen LogP contribution < -0.4 is 10.5 Å². The van der Waals surface area contributed by atoms with E-state index in [0.717, 1.165) is 0 Å². The van der Waals surface area contributed by atoms with Gasteiger partial charge in [-0.2, -0.15) is 0 Å². The summed E-state index contributed by atoms with van der Waals surface area (Å²) in [6, 6.07) is 4.26. The van der Waals surface area contributed by atoms with Crippen LogP contribution in [0.4, 0.5) is 5.69 Å². The number of amides is 1. The van der Waals surface area contributed by atoms with Gasteiger partial charge in [0, 0.05) is 19.8 Å². The van der Waals surface area contributed by atoms with Gasteiger partial charge in [-0.15, -0.1) is 0 Å².